The first-order valence-corrected chi connectivity index (χ1v) is 6.89. The third-order valence-electron chi connectivity index (χ3n) is 4.23. The average molecular weight is 263 g/mol. The molecule has 1 aromatic heterocycles. The summed E-state index contributed by atoms with van der Waals surface area (Å²) in [7, 11) is 2.17. The predicted octanol–water partition coefficient (Wildman–Crippen LogP) is 1.72. The van der Waals surface area contributed by atoms with Gasteiger partial charge in [0.25, 0.3) is 0 Å². The van der Waals surface area contributed by atoms with Crippen LogP contribution >= 0.6 is 0 Å². The largest absolute Gasteiger partial charge is 0.392 e. The quantitative estimate of drug-likeness (QED) is 0.882. The molecule has 19 heavy (non-hydrogen) atoms. The Bertz CT molecular complexity index is 471. The number of nitrogens with zero attached hydrogens (tertiary/aromatic N) is 3. The van der Waals surface area contributed by atoms with Gasteiger partial charge in [-0.05, 0) is 46.4 Å². The highest BCUT2D eigenvalue weighted by atomic mass is 16.3. The van der Waals surface area contributed by atoms with Crippen LogP contribution in [0.2, 0.25) is 0 Å². The van der Waals surface area contributed by atoms with Crippen molar-refractivity contribution in [2.24, 2.45) is 0 Å². The fourth-order valence-corrected chi connectivity index (χ4v) is 2.72. The van der Waals surface area contributed by atoms with E-state index in [9.17, 15) is 5.11 Å². The molecule has 1 aromatic rings. The summed E-state index contributed by atoms with van der Waals surface area (Å²) in [5.74, 6) is 0.959. The number of likely N-dealkylation sites (N-methyl/N-ethyl adjacent to an activating group) is 1. The number of aliphatic hydroxyl groups is 1. The highest BCUT2D eigenvalue weighted by Gasteiger charge is 2.32. The summed E-state index contributed by atoms with van der Waals surface area (Å²) in [6, 6.07) is 2.04. The van der Waals surface area contributed by atoms with Gasteiger partial charge in [-0.2, -0.15) is 0 Å². The molecular weight excluding hydrogens is 238 g/mol. The zero-order valence-electron chi connectivity index (χ0n) is 12.7. The summed E-state index contributed by atoms with van der Waals surface area (Å²) in [5, 5.41) is 9.63. The molecule has 4 nitrogen and oxygen atoms in total. The van der Waals surface area contributed by atoms with Crippen LogP contribution in [0.25, 0.3) is 0 Å². The Morgan fingerprint density at radius 1 is 1.32 bits per heavy atom. The topological polar surface area (TPSA) is 39.6 Å². The van der Waals surface area contributed by atoms with Gasteiger partial charge in [-0.15, -0.1) is 0 Å². The van der Waals surface area contributed by atoms with Gasteiger partial charge in [-0.25, -0.2) is 4.98 Å². The van der Waals surface area contributed by atoms with E-state index in [4.69, 9.17) is 0 Å². The van der Waals surface area contributed by atoms with E-state index >= 15 is 0 Å². The van der Waals surface area contributed by atoms with Crippen molar-refractivity contribution in [1.82, 2.24) is 9.88 Å². The van der Waals surface area contributed by atoms with E-state index in [1.165, 1.54) is 0 Å². The van der Waals surface area contributed by atoms with Gasteiger partial charge in [0.2, 0.25) is 0 Å². The number of piperazine rings is 1. The molecule has 1 N–H and O–H groups in total. The molecule has 1 fully saturated rings. The minimum Gasteiger partial charge on any atom is -0.392 e. The Kier molecular flexibility index (Phi) is 3.83. The van der Waals surface area contributed by atoms with Crippen molar-refractivity contribution < 1.29 is 5.11 Å². The molecule has 0 radical (unpaired) electrons. The monoisotopic (exact) mass is 263 g/mol. The highest BCUT2D eigenvalue weighted by molar-refractivity contribution is 5.52. The molecule has 106 valence electrons. The van der Waals surface area contributed by atoms with E-state index < -0.39 is 0 Å². The number of hydrogen-bond donors (Lipinski definition) is 1. The number of pyridine rings is 1. The average Bonchev–Trinajstić information content (AvgIpc) is 2.31. The van der Waals surface area contributed by atoms with Gasteiger partial charge in [0.05, 0.1) is 6.61 Å². The van der Waals surface area contributed by atoms with Crippen molar-refractivity contribution >= 4 is 5.82 Å². The lowest BCUT2D eigenvalue weighted by Gasteiger charge is -2.46. The number of aryl methyl sites for hydroxylation is 2. The molecule has 0 unspecified atom stereocenters. The molecule has 0 aromatic carbocycles. The zero-order chi connectivity index (χ0) is 14.2. The molecule has 0 spiro atoms. The molecular formula is C15H25N3O. The van der Waals surface area contributed by atoms with E-state index in [-0.39, 0.29) is 12.1 Å². The maximum atomic E-state index is 9.63. The van der Waals surface area contributed by atoms with Crippen molar-refractivity contribution in [2.75, 3.05) is 31.6 Å². The number of aromatic nitrogens is 1. The minimum atomic E-state index is 0.0568. The van der Waals surface area contributed by atoms with Gasteiger partial charge in [-0.3, -0.25) is 4.90 Å². The van der Waals surface area contributed by atoms with E-state index in [2.05, 4.69) is 35.7 Å². The highest BCUT2D eigenvalue weighted by Crippen LogP contribution is 2.27. The molecule has 2 heterocycles. The third-order valence-corrected chi connectivity index (χ3v) is 4.23. The van der Waals surface area contributed by atoms with Crippen LogP contribution in [0.3, 0.4) is 0 Å². The fraction of sp³-hybridized carbons (Fsp3) is 0.667. The van der Waals surface area contributed by atoms with Crippen molar-refractivity contribution in [3.8, 4) is 0 Å². The van der Waals surface area contributed by atoms with E-state index in [1.807, 2.05) is 19.9 Å². The molecule has 4 heteroatoms. The maximum Gasteiger partial charge on any atom is 0.134 e. The normalized spacial score (nSPS) is 19.8. The Hall–Kier alpha value is -1.13. The second-order valence-corrected chi connectivity index (χ2v) is 6.20. The predicted molar refractivity (Wildman–Crippen MR) is 78.6 cm³/mol. The molecule has 1 aliphatic rings. The molecule has 0 amide bonds. The lowest BCUT2D eigenvalue weighted by atomic mass is 9.99. The number of aliphatic hydroxyl groups excluding tert-OH is 1. The first-order chi connectivity index (χ1) is 8.85. The summed E-state index contributed by atoms with van der Waals surface area (Å²) in [6.45, 7) is 11.5. The summed E-state index contributed by atoms with van der Waals surface area (Å²) in [5.41, 5.74) is 3.23. The van der Waals surface area contributed by atoms with E-state index in [0.29, 0.717) is 0 Å². The summed E-state index contributed by atoms with van der Waals surface area (Å²) in [6.07, 6.45) is 0. The molecule has 0 saturated carbocycles. The van der Waals surface area contributed by atoms with Crippen LogP contribution in [-0.4, -0.2) is 47.2 Å². The van der Waals surface area contributed by atoms with E-state index in [1.54, 1.807) is 0 Å². The molecule has 2 rings (SSSR count). The summed E-state index contributed by atoms with van der Waals surface area (Å²) < 4.78 is 0. The standard InChI is InChI=1S/C15H25N3O/c1-11-8-12(2)16-14(13(11)9-19)18-7-6-17(5)15(3,4)10-18/h8,19H,6-7,9-10H2,1-5H3. The van der Waals surface area contributed by atoms with Crippen molar-refractivity contribution in [2.45, 2.75) is 39.8 Å². The molecule has 1 aliphatic heterocycles. The first kappa shape index (κ1) is 14.3. The SMILES string of the molecule is Cc1cc(C)c(CO)c(N2CCN(C)C(C)(C)C2)n1. The van der Waals surface area contributed by atoms with Crippen molar-refractivity contribution in [3.05, 3.63) is 22.9 Å². The van der Waals surface area contributed by atoms with Crippen molar-refractivity contribution in [1.29, 1.82) is 0 Å². The van der Waals surface area contributed by atoms with Crippen LogP contribution in [0.1, 0.15) is 30.7 Å². The van der Waals surface area contributed by atoms with Crippen LogP contribution in [-0.2, 0) is 6.61 Å². The Labute approximate surface area is 116 Å². The Morgan fingerprint density at radius 2 is 2.00 bits per heavy atom. The second kappa shape index (κ2) is 5.10. The molecule has 0 aliphatic carbocycles. The lowest BCUT2D eigenvalue weighted by Crippen LogP contribution is -2.58. The van der Waals surface area contributed by atoms with Gasteiger partial charge in [0.1, 0.15) is 5.82 Å². The van der Waals surface area contributed by atoms with Crippen LogP contribution < -0.4 is 4.90 Å². The lowest BCUT2D eigenvalue weighted by molar-refractivity contribution is 0.138. The van der Waals surface area contributed by atoms with Gasteiger partial charge < -0.3 is 10.0 Å². The second-order valence-electron chi connectivity index (χ2n) is 6.20. The molecule has 0 bridgehead atoms. The fourth-order valence-electron chi connectivity index (χ4n) is 2.72. The van der Waals surface area contributed by atoms with Gasteiger partial charge >= 0.3 is 0 Å². The van der Waals surface area contributed by atoms with Crippen LogP contribution in [0.5, 0.6) is 0 Å². The first-order valence-electron chi connectivity index (χ1n) is 6.89. The Morgan fingerprint density at radius 3 is 2.58 bits per heavy atom. The number of rotatable bonds is 2. The maximum absolute atomic E-state index is 9.63. The van der Waals surface area contributed by atoms with Crippen LogP contribution in [0.4, 0.5) is 5.82 Å². The summed E-state index contributed by atoms with van der Waals surface area (Å²) in [4.78, 5) is 9.36. The van der Waals surface area contributed by atoms with Crippen molar-refractivity contribution in [3.63, 3.8) is 0 Å². The number of anilines is 1. The summed E-state index contributed by atoms with van der Waals surface area (Å²) >= 11 is 0. The van der Waals surface area contributed by atoms with Crippen LogP contribution in [0, 0.1) is 13.8 Å². The van der Waals surface area contributed by atoms with Gasteiger partial charge in [0.15, 0.2) is 0 Å². The van der Waals surface area contributed by atoms with Crippen LogP contribution in [0.15, 0.2) is 6.07 Å². The van der Waals surface area contributed by atoms with Gasteiger partial charge in [0, 0.05) is 36.4 Å². The smallest absolute Gasteiger partial charge is 0.134 e. The van der Waals surface area contributed by atoms with E-state index in [0.717, 1.165) is 42.3 Å². The molecule has 0 atom stereocenters. The molecule has 1 saturated heterocycles. The third kappa shape index (κ3) is 2.74. The Balaban J connectivity index is 2.37. The number of hydrogen-bond acceptors (Lipinski definition) is 4. The van der Waals surface area contributed by atoms with Gasteiger partial charge in [-0.1, -0.05) is 0 Å². The minimum absolute atomic E-state index is 0.0568. The zero-order valence-corrected chi connectivity index (χ0v) is 12.7.